The standard InChI is InChI=1S/C31H47NO5/c1-5-21-25-16-20(33)10-13-31(25,4)24-11-14-30(3)22(7-8-23(30)27(24)28(21)35)18(2)12-15-32-17-19(29(36)37)6-9-26(32)34/h6,9,17-18,20-25,27-28,33,35H,5,7-8,10-16H2,1-4H3,(H,36,37)/t18-,20-,21-,22-,23+,24+,25+,27+,28-,30-,31-/m1/s1. The molecule has 4 saturated carbocycles. The largest absolute Gasteiger partial charge is 0.478 e. The van der Waals surface area contributed by atoms with E-state index in [1.807, 2.05) is 0 Å². The van der Waals surface area contributed by atoms with E-state index in [1.54, 1.807) is 4.57 Å². The molecule has 0 radical (unpaired) electrons. The first kappa shape index (κ1) is 26.9. The fourth-order valence-corrected chi connectivity index (χ4v) is 10.3. The molecule has 0 amide bonds. The third-order valence-electron chi connectivity index (χ3n) is 12.2. The Labute approximate surface area is 221 Å². The van der Waals surface area contributed by atoms with E-state index in [0.717, 1.165) is 51.4 Å². The van der Waals surface area contributed by atoms with E-state index in [0.29, 0.717) is 42.1 Å². The zero-order valence-electron chi connectivity index (χ0n) is 23.1. The van der Waals surface area contributed by atoms with Crippen LogP contribution in [0.15, 0.2) is 23.1 Å². The summed E-state index contributed by atoms with van der Waals surface area (Å²) in [5.74, 6) is 2.03. The summed E-state index contributed by atoms with van der Waals surface area (Å²) in [6, 6.07) is 2.73. The van der Waals surface area contributed by atoms with Crippen LogP contribution in [0.1, 0.15) is 95.8 Å². The molecule has 4 fully saturated rings. The van der Waals surface area contributed by atoms with Crippen molar-refractivity contribution in [2.24, 2.45) is 52.3 Å². The minimum atomic E-state index is -1.01. The lowest BCUT2D eigenvalue weighted by Crippen LogP contribution is -2.62. The van der Waals surface area contributed by atoms with Gasteiger partial charge in [-0.3, -0.25) is 4.79 Å². The van der Waals surface area contributed by atoms with Gasteiger partial charge in [-0.25, -0.2) is 4.79 Å². The van der Waals surface area contributed by atoms with Crippen molar-refractivity contribution in [3.8, 4) is 0 Å². The molecular weight excluding hydrogens is 466 g/mol. The lowest BCUT2D eigenvalue weighted by molar-refractivity contribution is -0.203. The van der Waals surface area contributed by atoms with Crippen molar-refractivity contribution < 1.29 is 20.1 Å². The van der Waals surface area contributed by atoms with Gasteiger partial charge in [0, 0.05) is 18.8 Å². The molecule has 37 heavy (non-hydrogen) atoms. The van der Waals surface area contributed by atoms with Gasteiger partial charge in [-0.1, -0.05) is 34.1 Å². The van der Waals surface area contributed by atoms with Gasteiger partial charge in [0.15, 0.2) is 0 Å². The van der Waals surface area contributed by atoms with Crippen LogP contribution in [-0.2, 0) is 6.54 Å². The number of hydrogen-bond acceptors (Lipinski definition) is 4. The Morgan fingerprint density at radius 1 is 1.05 bits per heavy atom. The Hall–Kier alpha value is -1.66. The number of carbonyl (C=O) groups is 1. The molecular formula is C31H47NO5. The minimum Gasteiger partial charge on any atom is -0.478 e. The van der Waals surface area contributed by atoms with Crippen LogP contribution in [-0.4, -0.2) is 38.1 Å². The van der Waals surface area contributed by atoms with E-state index in [1.165, 1.54) is 24.8 Å². The Kier molecular flexibility index (Phi) is 7.15. The fourth-order valence-electron chi connectivity index (χ4n) is 10.3. The van der Waals surface area contributed by atoms with Crippen LogP contribution in [0.3, 0.4) is 0 Å². The molecule has 4 aliphatic rings. The van der Waals surface area contributed by atoms with Crippen molar-refractivity contribution in [3.63, 3.8) is 0 Å². The van der Waals surface area contributed by atoms with Gasteiger partial charge in [0.2, 0.25) is 0 Å². The lowest BCUT2D eigenvalue weighted by atomic mass is 9.41. The number of aliphatic hydroxyl groups excluding tert-OH is 2. The number of fused-ring (bicyclic) bond motifs is 5. The summed E-state index contributed by atoms with van der Waals surface area (Å²) in [6.45, 7) is 10.0. The topological polar surface area (TPSA) is 99.8 Å². The monoisotopic (exact) mass is 513 g/mol. The van der Waals surface area contributed by atoms with Crippen LogP contribution in [0.2, 0.25) is 0 Å². The molecule has 5 rings (SSSR count). The number of aromatic carboxylic acids is 1. The number of pyridine rings is 1. The van der Waals surface area contributed by atoms with E-state index in [2.05, 4.69) is 27.7 Å². The van der Waals surface area contributed by atoms with Gasteiger partial charge in [-0.2, -0.15) is 0 Å². The van der Waals surface area contributed by atoms with Crippen LogP contribution in [0.5, 0.6) is 0 Å². The van der Waals surface area contributed by atoms with E-state index < -0.39 is 5.97 Å². The predicted molar refractivity (Wildman–Crippen MR) is 143 cm³/mol. The lowest BCUT2D eigenvalue weighted by Gasteiger charge is -2.64. The Bertz CT molecular complexity index is 1070. The maximum atomic E-state index is 12.4. The number of carboxylic acid groups (broad SMARTS) is 1. The predicted octanol–water partition coefficient (Wildman–Crippen LogP) is 5.20. The molecule has 0 spiro atoms. The molecule has 1 heterocycles. The van der Waals surface area contributed by atoms with Gasteiger partial charge in [0.1, 0.15) is 0 Å². The Morgan fingerprint density at radius 2 is 1.76 bits per heavy atom. The van der Waals surface area contributed by atoms with Crippen LogP contribution in [0.25, 0.3) is 0 Å². The van der Waals surface area contributed by atoms with E-state index >= 15 is 0 Å². The van der Waals surface area contributed by atoms with Crippen molar-refractivity contribution in [2.75, 3.05) is 0 Å². The van der Waals surface area contributed by atoms with Crippen LogP contribution < -0.4 is 5.56 Å². The normalized spacial score (nSPS) is 43.9. The first-order valence-electron chi connectivity index (χ1n) is 14.8. The van der Waals surface area contributed by atoms with Crippen LogP contribution in [0.4, 0.5) is 0 Å². The summed E-state index contributed by atoms with van der Waals surface area (Å²) in [4.78, 5) is 23.7. The second-order valence-electron chi connectivity index (χ2n) is 13.6. The fraction of sp³-hybridized carbons (Fsp3) is 0.806. The highest BCUT2D eigenvalue weighted by Crippen LogP contribution is 2.69. The second-order valence-corrected chi connectivity index (χ2v) is 13.6. The third-order valence-corrected chi connectivity index (χ3v) is 12.2. The molecule has 0 saturated heterocycles. The summed E-state index contributed by atoms with van der Waals surface area (Å²) in [7, 11) is 0. The zero-order valence-corrected chi connectivity index (χ0v) is 23.1. The molecule has 0 unspecified atom stereocenters. The number of aromatic nitrogens is 1. The van der Waals surface area contributed by atoms with Gasteiger partial charge in [-0.05, 0) is 110 Å². The van der Waals surface area contributed by atoms with Crippen LogP contribution >= 0.6 is 0 Å². The molecule has 6 heteroatoms. The Balaban J connectivity index is 1.35. The number of rotatable bonds is 6. The highest BCUT2D eigenvalue weighted by atomic mass is 16.4. The maximum absolute atomic E-state index is 12.4. The molecule has 0 aliphatic heterocycles. The molecule has 4 aliphatic carbocycles. The molecule has 206 valence electrons. The first-order chi connectivity index (χ1) is 17.5. The third kappa shape index (κ3) is 4.30. The van der Waals surface area contributed by atoms with Crippen molar-refractivity contribution in [1.29, 1.82) is 0 Å². The first-order valence-corrected chi connectivity index (χ1v) is 14.8. The minimum absolute atomic E-state index is 0.149. The van der Waals surface area contributed by atoms with Gasteiger partial charge in [0.05, 0.1) is 17.8 Å². The number of aryl methyl sites for hydroxylation is 1. The van der Waals surface area contributed by atoms with Crippen molar-refractivity contribution >= 4 is 5.97 Å². The van der Waals surface area contributed by atoms with Crippen molar-refractivity contribution in [3.05, 3.63) is 34.2 Å². The summed E-state index contributed by atoms with van der Waals surface area (Å²) in [5.41, 5.74) is 0.401. The highest BCUT2D eigenvalue weighted by Gasteiger charge is 2.64. The van der Waals surface area contributed by atoms with Gasteiger partial charge in [0.25, 0.3) is 5.56 Å². The molecule has 6 nitrogen and oxygen atoms in total. The zero-order chi connectivity index (χ0) is 26.7. The Morgan fingerprint density at radius 3 is 2.46 bits per heavy atom. The SMILES string of the molecule is CC[C@H]1[C@@H](O)[C@@H]2[C@H](CC[C@]3(C)[C@@H]([C@H](C)CCn4cc(C(=O)O)ccc4=O)CC[C@@H]23)[C@@]2(C)CC[C@@H](O)C[C@@H]12. The molecule has 0 bridgehead atoms. The molecule has 3 N–H and O–H groups in total. The summed E-state index contributed by atoms with van der Waals surface area (Å²) >= 11 is 0. The number of carboxylic acids is 1. The van der Waals surface area contributed by atoms with E-state index in [-0.39, 0.29) is 40.1 Å². The molecule has 1 aromatic rings. The highest BCUT2D eigenvalue weighted by molar-refractivity contribution is 5.87. The van der Waals surface area contributed by atoms with Crippen molar-refractivity contribution in [1.82, 2.24) is 4.57 Å². The van der Waals surface area contributed by atoms with E-state index in [4.69, 9.17) is 0 Å². The number of aliphatic hydroxyl groups is 2. The number of hydrogen-bond donors (Lipinski definition) is 3. The van der Waals surface area contributed by atoms with E-state index in [9.17, 15) is 24.9 Å². The molecule has 11 atom stereocenters. The van der Waals surface area contributed by atoms with Gasteiger partial charge < -0.3 is 19.9 Å². The summed E-state index contributed by atoms with van der Waals surface area (Å²) in [5, 5.41) is 31.7. The average Bonchev–Trinajstić information content (AvgIpc) is 3.21. The number of nitrogens with zero attached hydrogens (tertiary/aromatic N) is 1. The maximum Gasteiger partial charge on any atom is 0.337 e. The van der Waals surface area contributed by atoms with Crippen molar-refractivity contribution in [2.45, 2.75) is 104 Å². The quantitative estimate of drug-likeness (QED) is 0.486. The second kappa shape index (κ2) is 9.82. The molecule has 1 aromatic heterocycles. The molecule has 0 aromatic carbocycles. The smallest absolute Gasteiger partial charge is 0.337 e. The summed E-state index contributed by atoms with van der Waals surface area (Å²) < 4.78 is 1.56. The average molecular weight is 514 g/mol. The van der Waals surface area contributed by atoms with Crippen LogP contribution in [0, 0.1) is 52.3 Å². The summed E-state index contributed by atoms with van der Waals surface area (Å²) in [6.07, 6.45) is 10.3. The van der Waals surface area contributed by atoms with Gasteiger partial charge in [-0.15, -0.1) is 0 Å². The van der Waals surface area contributed by atoms with Gasteiger partial charge >= 0.3 is 5.97 Å².